The summed E-state index contributed by atoms with van der Waals surface area (Å²) < 4.78 is 16.4. The van der Waals surface area contributed by atoms with E-state index in [4.69, 9.17) is 19.3 Å². The van der Waals surface area contributed by atoms with E-state index in [2.05, 4.69) is 41.5 Å². The monoisotopic (exact) mass is 332 g/mol. The minimum atomic E-state index is -0.710. The lowest BCUT2D eigenvalue weighted by Gasteiger charge is -2.45. The van der Waals surface area contributed by atoms with Crippen LogP contribution in [0.1, 0.15) is 54.9 Å². The Hall–Kier alpha value is -0.650. The van der Waals surface area contributed by atoms with Crippen LogP contribution in [0.15, 0.2) is 0 Å². The zero-order chi connectivity index (χ0) is 18.1. The van der Waals surface area contributed by atoms with E-state index in [9.17, 15) is 4.79 Å². The lowest BCUT2D eigenvalue weighted by atomic mass is 9.60. The molecule has 1 N–H and O–H groups in total. The molecule has 0 rings (SSSR count). The first-order chi connectivity index (χ1) is 10.5. The molecule has 0 aliphatic heterocycles. The van der Waals surface area contributed by atoms with Crippen LogP contribution in [-0.4, -0.2) is 50.7 Å². The Morgan fingerprint density at radius 3 is 1.96 bits per heavy atom. The highest BCUT2D eigenvalue weighted by atomic mass is 16.5. The molecule has 0 aromatic heterocycles. The molecule has 1 atom stereocenters. The van der Waals surface area contributed by atoms with Gasteiger partial charge in [-0.2, -0.15) is 0 Å². The molecule has 138 valence electrons. The van der Waals surface area contributed by atoms with Crippen LogP contribution < -0.4 is 0 Å². The third-order valence-corrected chi connectivity index (χ3v) is 3.89. The maximum Gasteiger partial charge on any atom is 0.314 e. The summed E-state index contributed by atoms with van der Waals surface area (Å²) >= 11 is 0. The van der Waals surface area contributed by atoms with E-state index >= 15 is 0 Å². The first-order valence-corrected chi connectivity index (χ1v) is 8.44. The molecule has 1 unspecified atom stereocenters. The number of aliphatic hydroxyl groups excluding tert-OH is 1. The number of carbonyl (C=O) groups excluding carboxylic acids is 1. The van der Waals surface area contributed by atoms with Crippen LogP contribution >= 0.6 is 0 Å². The van der Waals surface area contributed by atoms with Crippen LogP contribution in [-0.2, 0) is 19.0 Å². The molecule has 0 radical (unpaired) electrons. The average molecular weight is 332 g/mol. The zero-order valence-electron chi connectivity index (χ0n) is 16.0. The predicted molar refractivity (Wildman–Crippen MR) is 91.3 cm³/mol. The van der Waals surface area contributed by atoms with Gasteiger partial charge in [-0.15, -0.1) is 0 Å². The normalized spacial score (nSPS) is 15.3. The fourth-order valence-corrected chi connectivity index (χ4v) is 2.68. The maximum atomic E-state index is 12.8. The first kappa shape index (κ1) is 22.4. The van der Waals surface area contributed by atoms with E-state index in [1.54, 1.807) is 0 Å². The van der Waals surface area contributed by atoms with E-state index in [0.29, 0.717) is 39.5 Å². The van der Waals surface area contributed by atoms with Crippen molar-refractivity contribution in [3.8, 4) is 0 Å². The van der Waals surface area contributed by atoms with E-state index in [1.807, 2.05) is 6.92 Å². The summed E-state index contributed by atoms with van der Waals surface area (Å²) in [5.41, 5.74) is -1.03. The summed E-state index contributed by atoms with van der Waals surface area (Å²) in [6.45, 7) is 16.1. The van der Waals surface area contributed by atoms with Crippen molar-refractivity contribution in [3.05, 3.63) is 0 Å². The fourth-order valence-electron chi connectivity index (χ4n) is 2.68. The van der Waals surface area contributed by atoms with Crippen LogP contribution in [0.2, 0.25) is 0 Å². The van der Waals surface area contributed by atoms with Gasteiger partial charge in [0, 0.05) is 0 Å². The van der Waals surface area contributed by atoms with Crippen molar-refractivity contribution in [2.75, 3.05) is 39.6 Å². The Kier molecular flexibility index (Phi) is 9.33. The van der Waals surface area contributed by atoms with Crippen molar-refractivity contribution in [3.63, 3.8) is 0 Å². The molecule has 23 heavy (non-hydrogen) atoms. The standard InChI is InChI=1S/C18H36O5/c1-8-23-15(20)18(17(5,6)7,13-16(2,3)4)14-22-12-11-21-10-9-19/h19H,8-14H2,1-7H3. The lowest BCUT2D eigenvalue weighted by Crippen LogP contribution is -2.50. The Balaban J connectivity index is 5.12. The quantitative estimate of drug-likeness (QED) is 0.492. The number of hydrogen-bond donors (Lipinski definition) is 1. The van der Waals surface area contributed by atoms with Gasteiger partial charge in [-0.3, -0.25) is 4.79 Å². The SMILES string of the molecule is CCOC(=O)C(COCCOCCO)(CC(C)(C)C)C(C)(C)C. The van der Waals surface area contributed by atoms with Gasteiger partial charge in [0.1, 0.15) is 0 Å². The van der Waals surface area contributed by atoms with E-state index in [-0.39, 0.29) is 23.4 Å². The molecule has 0 aliphatic carbocycles. The summed E-state index contributed by atoms with van der Waals surface area (Å²) in [6.07, 6.45) is 0.680. The molecule has 0 aromatic rings. The molecule has 0 spiro atoms. The number of rotatable bonds is 10. The predicted octanol–water partition coefficient (Wildman–Crippen LogP) is 3.04. The van der Waals surface area contributed by atoms with Crippen molar-refractivity contribution in [1.29, 1.82) is 0 Å². The molecule has 0 saturated carbocycles. The molecule has 5 nitrogen and oxygen atoms in total. The first-order valence-electron chi connectivity index (χ1n) is 8.44. The lowest BCUT2D eigenvalue weighted by molar-refractivity contribution is -0.174. The second-order valence-electron chi connectivity index (χ2n) is 8.18. The van der Waals surface area contributed by atoms with Crippen molar-refractivity contribution in [2.24, 2.45) is 16.2 Å². The smallest absolute Gasteiger partial charge is 0.314 e. The Morgan fingerprint density at radius 1 is 0.957 bits per heavy atom. The van der Waals surface area contributed by atoms with Crippen LogP contribution in [0.4, 0.5) is 0 Å². The number of hydrogen-bond acceptors (Lipinski definition) is 5. The number of ether oxygens (including phenoxy) is 3. The van der Waals surface area contributed by atoms with Gasteiger partial charge in [0.25, 0.3) is 0 Å². The molecular formula is C18H36O5. The summed E-state index contributed by atoms with van der Waals surface area (Å²) in [5, 5.41) is 8.69. The van der Waals surface area contributed by atoms with Gasteiger partial charge in [0.2, 0.25) is 0 Å². The van der Waals surface area contributed by atoms with Crippen molar-refractivity contribution < 1.29 is 24.1 Å². The van der Waals surface area contributed by atoms with Gasteiger partial charge in [-0.25, -0.2) is 0 Å². The summed E-state index contributed by atoms with van der Waals surface area (Å²) in [6, 6.07) is 0. The minimum absolute atomic E-state index is 0.00121. The van der Waals surface area contributed by atoms with Crippen molar-refractivity contribution in [1.82, 2.24) is 0 Å². The molecule has 0 saturated heterocycles. The second-order valence-corrected chi connectivity index (χ2v) is 8.18. The molecule has 0 heterocycles. The topological polar surface area (TPSA) is 65.0 Å². The van der Waals surface area contributed by atoms with E-state index in [1.165, 1.54) is 0 Å². The van der Waals surface area contributed by atoms with Crippen LogP contribution in [0.25, 0.3) is 0 Å². The highest BCUT2D eigenvalue weighted by molar-refractivity contribution is 5.78. The highest BCUT2D eigenvalue weighted by Gasteiger charge is 2.51. The second kappa shape index (κ2) is 9.60. The number of esters is 1. The summed E-state index contributed by atoms with van der Waals surface area (Å²) in [5.74, 6) is -0.196. The number of aliphatic hydroxyl groups is 1. The molecule has 0 aromatic carbocycles. The average Bonchev–Trinajstić information content (AvgIpc) is 2.38. The van der Waals surface area contributed by atoms with Crippen molar-refractivity contribution >= 4 is 5.97 Å². The van der Waals surface area contributed by atoms with Gasteiger partial charge in [0.05, 0.1) is 45.1 Å². The minimum Gasteiger partial charge on any atom is -0.465 e. The Morgan fingerprint density at radius 2 is 1.52 bits per heavy atom. The van der Waals surface area contributed by atoms with Gasteiger partial charge in [-0.05, 0) is 24.2 Å². The van der Waals surface area contributed by atoms with Gasteiger partial charge in [-0.1, -0.05) is 41.5 Å². The van der Waals surface area contributed by atoms with Crippen LogP contribution in [0.3, 0.4) is 0 Å². The van der Waals surface area contributed by atoms with E-state index in [0.717, 1.165) is 0 Å². The molecule has 0 fully saturated rings. The van der Waals surface area contributed by atoms with E-state index < -0.39 is 5.41 Å². The highest BCUT2D eigenvalue weighted by Crippen LogP contribution is 2.48. The third-order valence-electron chi connectivity index (χ3n) is 3.89. The molecule has 0 amide bonds. The molecular weight excluding hydrogens is 296 g/mol. The van der Waals surface area contributed by atoms with Gasteiger partial charge in [0.15, 0.2) is 0 Å². The zero-order valence-corrected chi connectivity index (χ0v) is 16.0. The fraction of sp³-hybridized carbons (Fsp3) is 0.944. The van der Waals surface area contributed by atoms with Gasteiger partial charge < -0.3 is 19.3 Å². The largest absolute Gasteiger partial charge is 0.465 e. The molecule has 0 bridgehead atoms. The Labute approximate surface area is 141 Å². The van der Waals surface area contributed by atoms with Gasteiger partial charge >= 0.3 is 5.97 Å². The van der Waals surface area contributed by atoms with Crippen molar-refractivity contribution in [2.45, 2.75) is 54.9 Å². The maximum absolute atomic E-state index is 12.8. The molecule has 0 aliphatic rings. The van der Waals surface area contributed by atoms with Crippen LogP contribution in [0, 0.1) is 16.2 Å². The third kappa shape index (κ3) is 7.64. The molecule has 5 heteroatoms. The van der Waals surface area contributed by atoms with Crippen LogP contribution in [0.5, 0.6) is 0 Å². The number of carbonyl (C=O) groups is 1. The summed E-state index contributed by atoms with van der Waals surface area (Å²) in [7, 11) is 0. The summed E-state index contributed by atoms with van der Waals surface area (Å²) in [4.78, 5) is 12.8. The Bertz CT molecular complexity index is 340.